The van der Waals surface area contributed by atoms with E-state index in [9.17, 15) is 24.9 Å². The molecular formula is C20H18ClNNa2O7. The third-order valence-corrected chi connectivity index (χ3v) is 6.03. The van der Waals surface area contributed by atoms with Crippen LogP contribution >= 0.6 is 11.6 Å². The van der Waals surface area contributed by atoms with Gasteiger partial charge in [0, 0.05) is 23.4 Å². The number of carbonyl (C=O) groups is 2. The summed E-state index contributed by atoms with van der Waals surface area (Å²) in [5, 5.41) is 33.6. The molecule has 1 heterocycles. The zero-order valence-electron chi connectivity index (χ0n) is 17.2. The molecule has 1 saturated carbocycles. The standard InChI is InChI=1S/C20H20ClNO7.2Na/c21-12-3-1-2-9(5-12)14(23)6-11-4-10-7-15-16(8-13(10)17(11)22)29-20(28-15,18(24)25)19(26)27;;/h1-3,5,7,11,13-14,17,23H,4,6,8,22H2,(H,24,25)(H,26,27);;/q;2*+1/p-2. The number of ether oxygens (including phenoxy) is 2. The third-order valence-electron chi connectivity index (χ3n) is 5.80. The van der Waals surface area contributed by atoms with E-state index in [2.05, 4.69) is 0 Å². The van der Waals surface area contributed by atoms with Crippen molar-refractivity contribution in [1.29, 1.82) is 0 Å². The van der Waals surface area contributed by atoms with Crippen LogP contribution < -0.4 is 75.1 Å². The first-order valence-electron chi connectivity index (χ1n) is 9.15. The van der Waals surface area contributed by atoms with E-state index in [1.165, 1.54) is 0 Å². The predicted molar refractivity (Wildman–Crippen MR) is 95.2 cm³/mol. The topological polar surface area (TPSA) is 145 Å². The van der Waals surface area contributed by atoms with Gasteiger partial charge in [-0.25, -0.2) is 0 Å². The molecular weight excluding hydrogens is 448 g/mol. The fraction of sp³-hybridized carbons (Fsp3) is 0.400. The number of carboxylic acids is 2. The van der Waals surface area contributed by atoms with Gasteiger partial charge in [0.05, 0.1) is 6.10 Å². The van der Waals surface area contributed by atoms with Crippen LogP contribution in [0.1, 0.15) is 30.9 Å². The van der Waals surface area contributed by atoms with Gasteiger partial charge in [-0.1, -0.05) is 29.3 Å². The second-order valence-corrected chi connectivity index (χ2v) is 8.00. The van der Waals surface area contributed by atoms with E-state index >= 15 is 0 Å². The SMILES string of the molecule is NC1C(CC(O)c2cccc(Cl)c2)CC2=CC3=C(CC21)OC(C(=O)[O-])(C(=O)[O-])O3.[Na+].[Na+]. The van der Waals surface area contributed by atoms with Crippen LogP contribution in [0.3, 0.4) is 0 Å². The number of halogens is 1. The molecule has 1 aromatic carbocycles. The van der Waals surface area contributed by atoms with Gasteiger partial charge in [0.2, 0.25) is 0 Å². The third kappa shape index (κ3) is 4.88. The number of carbonyl (C=O) groups excluding carboxylic acids is 2. The van der Waals surface area contributed by atoms with E-state index in [-0.39, 0.29) is 94.9 Å². The van der Waals surface area contributed by atoms with Crippen LogP contribution in [0.2, 0.25) is 5.02 Å². The molecule has 0 amide bonds. The van der Waals surface area contributed by atoms with Crippen molar-refractivity contribution >= 4 is 23.5 Å². The van der Waals surface area contributed by atoms with Gasteiger partial charge in [0.1, 0.15) is 17.7 Å². The summed E-state index contributed by atoms with van der Waals surface area (Å²) in [6.07, 6.45) is 2.02. The zero-order valence-corrected chi connectivity index (χ0v) is 21.9. The quantitative estimate of drug-likeness (QED) is 0.322. The minimum absolute atomic E-state index is 0. The first-order valence-corrected chi connectivity index (χ1v) is 9.52. The van der Waals surface area contributed by atoms with Gasteiger partial charge in [-0.3, -0.25) is 0 Å². The molecule has 1 aromatic rings. The Balaban J connectivity index is 0.00000171. The smallest absolute Gasteiger partial charge is 0.542 e. The average molecular weight is 466 g/mol. The number of aliphatic hydroxyl groups is 1. The molecule has 2 aliphatic carbocycles. The van der Waals surface area contributed by atoms with Crippen molar-refractivity contribution in [1.82, 2.24) is 0 Å². The van der Waals surface area contributed by atoms with E-state index < -0.39 is 23.8 Å². The summed E-state index contributed by atoms with van der Waals surface area (Å²) < 4.78 is 10.2. The number of aliphatic carboxylic acids is 2. The Morgan fingerprint density at radius 1 is 1.23 bits per heavy atom. The van der Waals surface area contributed by atoms with Crippen molar-refractivity contribution in [2.45, 2.75) is 37.2 Å². The molecule has 3 aliphatic rings. The van der Waals surface area contributed by atoms with E-state index in [0.717, 1.165) is 5.57 Å². The Morgan fingerprint density at radius 3 is 2.52 bits per heavy atom. The molecule has 4 unspecified atom stereocenters. The van der Waals surface area contributed by atoms with Crippen LogP contribution in [-0.2, 0) is 19.1 Å². The summed E-state index contributed by atoms with van der Waals surface area (Å²) in [7, 11) is 0. The molecule has 3 N–H and O–H groups in total. The number of hydrogen-bond acceptors (Lipinski definition) is 8. The van der Waals surface area contributed by atoms with Crippen LogP contribution in [0.25, 0.3) is 0 Å². The summed E-state index contributed by atoms with van der Waals surface area (Å²) in [5.74, 6) is -7.14. The van der Waals surface area contributed by atoms with Crippen molar-refractivity contribution in [3.05, 3.63) is 58.0 Å². The number of fused-ring (bicyclic) bond motifs is 1. The Kier molecular flexibility index (Phi) is 8.75. The Hall–Kier alpha value is -0.550. The first kappa shape index (κ1) is 26.7. The van der Waals surface area contributed by atoms with E-state index in [4.69, 9.17) is 26.8 Å². The fourth-order valence-electron chi connectivity index (χ4n) is 4.30. The molecule has 4 rings (SSSR count). The van der Waals surface area contributed by atoms with Crippen LogP contribution in [0.5, 0.6) is 0 Å². The summed E-state index contributed by atoms with van der Waals surface area (Å²) in [4.78, 5) is 22.5. The second kappa shape index (κ2) is 10.2. The predicted octanol–water partition coefficient (Wildman–Crippen LogP) is -6.48. The summed E-state index contributed by atoms with van der Waals surface area (Å²) in [6, 6.07) is 6.66. The molecule has 0 aromatic heterocycles. The number of carboxylic acid groups (broad SMARTS) is 2. The zero-order chi connectivity index (χ0) is 20.9. The number of rotatable bonds is 5. The monoisotopic (exact) mass is 465 g/mol. The fourth-order valence-corrected chi connectivity index (χ4v) is 4.50. The van der Waals surface area contributed by atoms with Crippen molar-refractivity contribution in [2.75, 3.05) is 0 Å². The number of nitrogens with two attached hydrogens (primary N) is 1. The Labute approximate surface area is 228 Å². The minimum atomic E-state index is -2.98. The van der Waals surface area contributed by atoms with Gasteiger partial charge in [0.15, 0.2) is 5.76 Å². The number of hydrogen-bond donors (Lipinski definition) is 2. The Morgan fingerprint density at radius 2 is 1.90 bits per heavy atom. The van der Waals surface area contributed by atoms with Gasteiger partial charge < -0.3 is 40.1 Å². The largest absolute Gasteiger partial charge is 1.00 e. The van der Waals surface area contributed by atoms with Crippen LogP contribution in [0.15, 0.2) is 47.4 Å². The van der Waals surface area contributed by atoms with Gasteiger partial charge in [-0.2, -0.15) is 0 Å². The van der Waals surface area contributed by atoms with Crippen LogP contribution in [-0.4, -0.2) is 28.9 Å². The van der Waals surface area contributed by atoms with Crippen molar-refractivity contribution in [3.63, 3.8) is 0 Å². The Bertz CT molecular complexity index is 937. The number of benzene rings is 1. The van der Waals surface area contributed by atoms with Crippen molar-refractivity contribution in [3.8, 4) is 0 Å². The number of allylic oxidation sites excluding steroid dienone is 2. The molecule has 1 fully saturated rings. The van der Waals surface area contributed by atoms with Gasteiger partial charge in [-0.15, -0.1) is 0 Å². The van der Waals surface area contributed by atoms with Crippen LogP contribution in [0.4, 0.5) is 0 Å². The molecule has 4 atom stereocenters. The normalized spacial score (nSPS) is 26.2. The average Bonchev–Trinajstić information content (AvgIpc) is 3.19. The number of aliphatic hydroxyl groups excluding tert-OH is 1. The molecule has 0 radical (unpaired) electrons. The summed E-state index contributed by atoms with van der Waals surface area (Å²) in [6.45, 7) is 0. The summed E-state index contributed by atoms with van der Waals surface area (Å²) in [5.41, 5.74) is 8.01. The van der Waals surface area contributed by atoms with Crippen LogP contribution in [0, 0.1) is 11.8 Å². The van der Waals surface area contributed by atoms with Gasteiger partial charge in [-0.05, 0) is 42.5 Å². The minimum Gasteiger partial charge on any atom is -0.542 e. The van der Waals surface area contributed by atoms with E-state index in [1.807, 2.05) is 0 Å². The van der Waals surface area contributed by atoms with Crippen molar-refractivity contribution < 1.29 is 93.5 Å². The molecule has 0 saturated heterocycles. The molecule has 0 bridgehead atoms. The first-order chi connectivity index (χ1) is 13.7. The maximum absolute atomic E-state index is 11.3. The van der Waals surface area contributed by atoms with Gasteiger partial charge >= 0.3 is 64.9 Å². The van der Waals surface area contributed by atoms with E-state index in [1.54, 1.807) is 30.3 Å². The molecule has 154 valence electrons. The van der Waals surface area contributed by atoms with Gasteiger partial charge in [0.25, 0.3) is 0 Å². The van der Waals surface area contributed by atoms with E-state index in [0.29, 0.717) is 23.4 Å². The maximum Gasteiger partial charge on any atom is 1.00 e. The molecule has 11 heteroatoms. The molecule has 8 nitrogen and oxygen atoms in total. The molecule has 31 heavy (non-hydrogen) atoms. The second-order valence-electron chi connectivity index (χ2n) is 7.56. The molecule has 1 aliphatic heterocycles. The van der Waals surface area contributed by atoms with Crippen molar-refractivity contribution in [2.24, 2.45) is 17.6 Å². The summed E-state index contributed by atoms with van der Waals surface area (Å²) >= 11 is 5.99. The molecule has 0 spiro atoms. The maximum atomic E-state index is 11.3.